The molecule has 0 aliphatic rings. The molecule has 0 saturated heterocycles. The minimum Gasteiger partial charge on any atom is -0.276 e. The molecule has 2 heteroatoms. The molecule has 4 aromatic rings. The molecule has 90 valence electrons. The van der Waals surface area contributed by atoms with Crippen LogP contribution >= 0.6 is 11.6 Å². The Labute approximate surface area is 114 Å². The van der Waals surface area contributed by atoms with Gasteiger partial charge < -0.3 is 0 Å². The molecule has 0 radical (unpaired) electrons. The molecule has 0 bridgehead atoms. The molecule has 0 fully saturated rings. The maximum atomic E-state index is 11.6. The molecule has 0 aromatic heterocycles. The highest BCUT2D eigenvalue weighted by Gasteiger charge is 2.13. The maximum absolute atomic E-state index is 11.6. The van der Waals surface area contributed by atoms with E-state index in [4.69, 9.17) is 11.6 Å². The lowest BCUT2D eigenvalue weighted by atomic mass is 9.92. The van der Waals surface area contributed by atoms with Crippen molar-refractivity contribution in [1.82, 2.24) is 0 Å². The van der Waals surface area contributed by atoms with E-state index in [0.717, 1.165) is 16.2 Å². The molecule has 0 N–H and O–H groups in total. The average molecular weight is 265 g/mol. The second-order valence-electron chi connectivity index (χ2n) is 4.74. The molecule has 0 aliphatic heterocycles. The average Bonchev–Trinajstić information content (AvgIpc) is 2.44. The fourth-order valence-electron chi connectivity index (χ4n) is 2.91. The molecule has 19 heavy (non-hydrogen) atoms. The Morgan fingerprint density at radius 3 is 2.00 bits per heavy atom. The number of carbonyl (C=O) groups is 1. The van der Waals surface area contributed by atoms with E-state index in [9.17, 15) is 4.79 Å². The van der Waals surface area contributed by atoms with Gasteiger partial charge in [-0.3, -0.25) is 4.79 Å². The number of halogens is 1. The van der Waals surface area contributed by atoms with Crippen LogP contribution in [0.1, 0.15) is 10.4 Å². The lowest BCUT2D eigenvalue weighted by Crippen LogP contribution is -1.92. The smallest absolute Gasteiger partial charge is 0.253 e. The van der Waals surface area contributed by atoms with Gasteiger partial charge in [0.2, 0.25) is 0 Å². The zero-order valence-electron chi connectivity index (χ0n) is 9.98. The second kappa shape index (κ2) is 3.69. The number of carbonyl (C=O) groups excluding carboxylic acids is 1. The van der Waals surface area contributed by atoms with Crippen molar-refractivity contribution in [3.05, 3.63) is 60.2 Å². The Morgan fingerprint density at radius 1 is 0.737 bits per heavy atom. The van der Waals surface area contributed by atoms with Crippen molar-refractivity contribution in [2.45, 2.75) is 0 Å². The molecule has 0 atom stereocenters. The first-order valence-corrected chi connectivity index (χ1v) is 6.50. The fourth-order valence-corrected chi connectivity index (χ4v) is 3.07. The molecule has 0 aliphatic carbocycles. The number of hydrogen-bond donors (Lipinski definition) is 0. The Hall–Kier alpha value is -2.12. The molecular weight excluding hydrogens is 256 g/mol. The quantitative estimate of drug-likeness (QED) is 0.351. The summed E-state index contributed by atoms with van der Waals surface area (Å²) in [4.78, 5) is 11.6. The summed E-state index contributed by atoms with van der Waals surface area (Å²) in [7, 11) is 0. The van der Waals surface area contributed by atoms with E-state index in [1.165, 1.54) is 16.2 Å². The van der Waals surface area contributed by atoms with E-state index in [2.05, 4.69) is 30.3 Å². The van der Waals surface area contributed by atoms with Crippen LogP contribution in [0.5, 0.6) is 0 Å². The van der Waals surface area contributed by atoms with E-state index < -0.39 is 5.24 Å². The highest BCUT2D eigenvalue weighted by atomic mass is 35.5. The zero-order valence-corrected chi connectivity index (χ0v) is 10.7. The van der Waals surface area contributed by atoms with Gasteiger partial charge in [0, 0.05) is 5.56 Å². The Morgan fingerprint density at radius 2 is 1.32 bits per heavy atom. The van der Waals surface area contributed by atoms with Crippen molar-refractivity contribution >= 4 is 49.2 Å². The van der Waals surface area contributed by atoms with Crippen molar-refractivity contribution in [3.63, 3.8) is 0 Å². The summed E-state index contributed by atoms with van der Waals surface area (Å²) >= 11 is 5.69. The van der Waals surface area contributed by atoms with Crippen LogP contribution in [0.3, 0.4) is 0 Å². The molecule has 0 spiro atoms. The fraction of sp³-hybridized carbons (Fsp3) is 0. The van der Waals surface area contributed by atoms with E-state index in [1.54, 1.807) is 6.07 Å². The molecular formula is C17H9ClO. The van der Waals surface area contributed by atoms with Crippen LogP contribution in [0, 0.1) is 0 Å². The molecule has 4 rings (SSSR count). The summed E-state index contributed by atoms with van der Waals surface area (Å²) in [6.45, 7) is 0. The molecule has 1 nitrogen and oxygen atoms in total. The van der Waals surface area contributed by atoms with Crippen LogP contribution < -0.4 is 0 Å². The van der Waals surface area contributed by atoms with Gasteiger partial charge in [-0.1, -0.05) is 48.5 Å². The van der Waals surface area contributed by atoms with Crippen molar-refractivity contribution in [3.8, 4) is 0 Å². The first-order chi connectivity index (χ1) is 9.25. The standard InChI is InChI=1S/C17H9ClO/c18-17(19)14-9-7-12-5-4-10-2-1-3-11-6-8-13(14)16(12)15(10)11/h1-9H. The SMILES string of the molecule is O=C(Cl)c1ccc2ccc3cccc4ccc1c2c34. The van der Waals surface area contributed by atoms with Gasteiger partial charge in [0.15, 0.2) is 0 Å². The lowest BCUT2D eigenvalue weighted by Gasteiger charge is -2.12. The maximum Gasteiger partial charge on any atom is 0.253 e. The van der Waals surface area contributed by atoms with Gasteiger partial charge in [-0.15, -0.1) is 0 Å². The van der Waals surface area contributed by atoms with Crippen LogP contribution in [0.4, 0.5) is 0 Å². The highest BCUT2D eigenvalue weighted by Crippen LogP contribution is 2.36. The van der Waals surface area contributed by atoms with Crippen molar-refractivity contribution < 1.29 is 4.79 Å². The first kappa shape index (κ1) is 10.8. The van der Waals surface area contributed by atoms with Crippen molar-refractivity contribution in [2.24, 2.45) is 0 Å². The predicted octanol–water partition coefficient (Wildman–Crippen LogP) is 4.96. The van der Waals surface area contributed by atoms with Gasteiger partial charge in [0.1, 0.15) is 0 Å². The highest BCUT2D eigenvalue weighted by molar-refractivity contribution is 6.68. The van der Waals surface area contributed by atoms with Gasteiger partial charge in [-0.05, 0) is 50.0 Å². The van der Waals surface area contributed by atoms with Crippen LogP contribution in [0.2, 0.25) is 0 Å². The number of benzene rings is 4. The predicted molar refractivity (Wildman–Crippen MR) is 80.3 cm³/mol. The first-order valence-electron chi connectivity index (χ1n) is 6.12. The van der Waals surface area contributed by atoms with Gasteiger partial charge in [-0.25, -0.2) is 0 Å². The normalized spacial score (nSPS) is 11.6. The van der Waals surface area contributed by atoms with Gasteiger partial charge >= 0.3 is 0 Å². The Balaban J connectivity index is 2.38. The monoisotopic (exact) mass is 264 g/mol. The Bertz CT molecular complexity index is 924. The summed E-state index contributed by atoms with van der Waals surface area (Å²) in [5, 5.41) is 6.38. The van der Waals surface area contributed by atoms with Crippen LogP contribution in [0.15, 0.2) is 54.6 Å². The number of rotatable bonds is 1. The Kier molecular flexibility index (Phi) is 2.09. The summed E-state index contributed by atoms with van der Waals surface area (Å²) < 4.78 is 0. The van der Waals surface area contributed by atoms with Crippen molar-refractivity contribution in [2.75, 3.05) is 0 Å². The summed E-state index contributed by atoms with van der Waals surface area (Å²) in [6.07, 6.45) is 0. The van der Waals surface area contributed by atoms with E-state index in [-0.39, 0.29) is 0 Å². The minimum atomic E-state index is -0.405. The topological polar surface area (TPSA) is 17.1 Å². The molecule has 0 saturated carbocycles. The zero-order chi connectivity index (χ0) is 13.0. The van der Waals surface area contributed by atoms with Gasteiger partial charge in [-0.2, -0.15) is 0 Å². The summed E-state index contributed by atoms with van der Waals surface area (Å²) in [6, 6.07) is 18.2. The van der Waals surface area contributed by atoms with Crippen LogP contribution in [-0.4, -0.2) is 5.24 Å². The van der Waals surface area contributed by atoms with Gasteiger partial charge in [0.25, 0.3) is 5.24 Å². The van der Waals surface area contributed by atoms with Gasteiger partial charge in [0.05, 0.1) is 0 Å². The molecule has 0 amide bonds. The van der Waals surface area contributed by atoms with E-state index in [1.807, 2.05) is 18.2 Å². The third-order valence-electron chi connectivity index (χ3n) is 3.74. The van der Waals surface area contributed by atoms with Crippen molar-refractivity contribution in [1.29, 1.82) is 0 Å². The molecule has 4 aromatic carbocycles. The van der Waals surface area contributed by atoms with Crippen LogP contribution in [0.25, 0.3) is 32.3 Å². The lowest BCUT2D eigenvalue weighted by molar-refractivity contribution is 0.108. The third-order valence-corrected chi connectivity index (χ3v) is 3.94. The third kappa shape index (κ3) is 1.39. The second-order valence-corrected chi connectivity index (χ2v) is 5.09. The van der Waals surface area contributed by atoms with E-state index >= 15 is 0 Å². The number of hydrogen-bond acceptors (Lipinski definition) is 1. The molecule has 0 unspecified atom stereocenters. The summed E-state index contributed by atoms with van der Waals surface area (Å²) in [5.41, 5.74) is 0.576. The summed E-state index contributed by atoms with van der Waals surface area (Å²) in [5.74, 6) is 0. The molecule has 0 heterocycles. The van der Waals surface area contributed by atoms with E-state index in [0.29, 0.717) is 5.56 Å². The van der Waals surface area contributed by atoms with Crippen LogP contribution in [-0.2, 0) is 0 Å². The largest absolute Gasteiger partial charge is 0.276 e. The minimum absolute atomic E-state index is 0.405.